The van der Waals surface area contributed by atoms with Crippen LogP contribution >= 0.6 is 0 Å². The van der Waals surface area contributed by atoms with Crippen molar-refractivity contribution in [2.24, 2.45) is 5.10 Å². The van der Waals surface area contributed by atoms with Gasteiger partial charge in [-0.25, -0.2) is 0 Å². The van der Waals surface area contributed by atoms with Gasteiger partial charge in [-0.05, 0) is 36.4 Å². The number of benzene rings is 3. The molecule has 3 aromatic rings. The second-order valence-electron chi connectivity index (χ2n) is 5.74. The lowest BCUT2D eigenvalue weighted by Gasteiger charge is -2.07. The third-order valence-electron chi connectivity index (χ3n) is 3.81. The minimum Gasteiger partial charge on any atom is -0.507 e. The molecule has 0 heterocycles. The zero-order valence-corrected chi connectivity index (χ0v) is 14.6. The highest BCUT2D eigenvalue weighted by Gasteiger charge is 2.17. The molecule has 0 unspecified atom stereocenters. The Kier molecular flexibility index (Phi) is 5.61. The molecule has 8 nitrogen and oxygen atoms in total. The number of phenols is 1. The first-order chi connectivity index (χ1) is 13.5. The van der Waals surface area contributed by atoms with Gasteiger partial charge < -0.3 is 10.4 Å². The topological polar surface area (TPSA) is 117 Å². The third kappa shape index (κ3) is 4.50. The fourth-order valence-corrected chi connectivity index (χ4v) is 2.41. The molecule has 1 amide bonds. The molecule has 0 saturated heterocycles. The summed E-state index contributed by atoms with van der Waals surface area (Å²) in [5.41, 5.74) is 3.58. The first-order valence-electron chi connectivity index (χ1n) is 8.26. The van der Waals surface area contributed by atoms with Gasteiger partial charge in [0.25, 0.3) is 11.6 Å². The fraction of sp³-hybridized carbons (Fsp3) is 0. The van der Waals surface area contributed by atoms with Crippen LogP contribution in [0.4, 0.5) is 17.1 Å². The van der Waals surface area contributed by atoms with Gasteiger partial charge in [0.1, 0.15) is 11.4 Å². The van der Waals surface area contributed by atoms with E-state index in [1.54, 1.807) is 42.5 Å². The van der Waals surface area contributed by atoms with Crippen LogP contribution in [0, 0.1) is 10.1 Å². The molecule has 0 aromatic heterocycles. The van der Waals surface area contributed by atoms with Crippen molar-refractivity contribution in [3.8, 4) is 5.75 Å². The molecule has 0 atom stereocenters. The predicted octanol–water partition coefficient (Wildman–Crippen LogP) is 4.00. The minimum atomic E-state index is -0.600. The van der Waals surface area contributed by atoms with E-state index in [1.807, 2.05) is 6.07 Å². The van der Waals surface area contributed by atoms with Crippen molar-refractivity contribution in [1.82, 2.24) is 0 Å². The maximum Gasteiger partial charge on any atom is 0.294 e. The first-order valence-corrected chi connectivity index (χ1v) is 8.26. The smallest absolute Gasteiger partial charge is 0.294 e. The van der Waals surface area contributed by atoms with E-state index >= 15 is 0 Å². The van der Waals surface area contributed by atoms with Crippen LogP contribution in [0.3, 0.4) is 0 Å². The van der Waals surface area contributed by atoms with Crippen LogP contribution in [-0.2, 0) is 0 Å². The highest BCUT2D eigenvalue weighted by Crippen LogP contribution is 2.26. The van der Waals surface area contributed by atoms with Gasteiger partial charge in [0.05, 0.1) is 11.1 Å². The summed E-state index contributed by atoms with van der Waals surface area (Å²) in [6.07, 6.45) is 1.34. The molecule has 0 bridgehead atoms. The van der Waals surface area contributed by atoms with Crippen molar-refractivity contribution in [2.75, 3.05) is 10.7 Å². The van der Waals surface area contributed by atoms with Crippen molar-refractivity contribution < 1.29 is 14.8 Å². The van der Waals surface area contributed by atoms with Gasteiger partial charge in [0, 0.05) is 22.9 Å². The summed E-state index contributed by atoms with van der Waals surface area (Å²) in [6.45, 7) is 0. The number of phenolic OH excluding ortho intramolecular Hbond substituents is 1. The number of rotatable bonds is 6. The Morgan fingerprint density at radius 3 is 2.46 bits per heavy atom. The van der Waals surface area contributed by atoms with E-state index in [0.717, 1.165) is 0 Å². The number of carbonyl (C=O) groups excluding carboxylic acids is 1. The molecule has 0 saturated carbocycles. The predicted molar refractivity (Wildman–Crippen MR) is 107 cm³/mol. The van der Waals surface area contributed by atoms with Crippen LogP contribution in [0.1, 0.15) is 15.9 Å². The Labute approximate surface area is 160 Å². The van der Waals surface area contributed by atoms with Gasteiger partial charge in [0.2, 0.25) is 0 Å². The van der Waals surface area contributed by atoms with Gasteiger partial charge in [-0.1, -0.05) is 30.3 Å². The molecule has 0 aliphatic rings. The number of amides is 1. The summed E-state index contributed by atoms with van der Waals surface area (Å²) in [6, 6.07) is 19.4. The van der Waals surface area contributed by atoms with Gasteiger partial charge >= 0.3 is 0 Å². The van der Waals surface area contributed by atoms with E-state index in [9.17, 15) is 20.0 Å². The highest BCUT2D eigenvalue weighted by molar-refractivity contribution is 6.05. The number of nitrogens with one attached hydrogen (secondary N) is 2. The maximum absolute atomic E-state index is 12.3. The quantitative estimate of drug-likeness (QED) is 0.341. The Hall–Kier alpha value is -4.20. The second kappa shape index (κ2) is 8.45. The zero-order valence-electron chi connectivity index (χ0n) is 14.6. The fourth-order valence-electron chi connectivity index (χ4n) is 2.41. The number of aromatic hydroxyl groups is 1. The lowest BCUT2D eigenvalue weighted by molar-refractivity contribution is -0.384. The molecule has 3 rings (SSSR count). The van der Waals surface area contributed by atoms with Crippen LogP contribution in [-0.4, -0.2) is 22.2 Å². The summed E-state index contributed by atoms with van der Waals surface area (Å²) in [5, 5.41) is 27.7. The molecule has 0 radical (unpaired) electrons. The molecule has 0 spiro atoms. The van der Waals surface area contributed by atoms with E-state index in [2.05, 4.69) is 15.8 Å². The van der Waals surface area contributed by atoms with Crippen molar-refractivity contribution in [1.29, 1.82) is 0 Å². The van der Waals surface area contributed by atoms with E-state index in [1.165, 1.54) is 30.5 Å². The van der Waals surface area contributed by atoms with Crippen molar-refractivity contribution in [3.63, 3.8) is 0 Å². The molecule has 140 valence electrons. The summed E-state index contributed by atoms with van der Waals surface area (Å²) in [5.74, 6) is -0.422. The SMILES string of the molecule is O=C(Nc1ccccc1)c1ccc(N/N=C/c2ccccc2O)c([N+](=O)[O-])c1. The number of nitro benzene ring substituents is 1. The molecule has 0 fully saturated rings. The monoisotopic (exact) mass is 376 g/mol. The summed E-state index contributed by atoms with van der Waals surface area (Å²) >= 11 is 0. The molecule has 0 aliphatic heterocycles. The van der Waals surface area contributed by atoms with Crippen LogP contribution in [0.15, 0.2) is 77.9 Å². The van der Waals surface area contributed by atoms with Crippen molar-refractivity contribution >= 4 is 29.2 Å². The molecule has 8 heteroatoms. The molecular weight excluding hydrogens is 360 g/mol. The molecular formula is C20H16N4O4. The van der Waals surface area contributed by atoms with Gasteiger partial charge in [-0.3, -0.25) is 20.3 Å². The van der Waals surface area contributed by atoms with E-state index in [4.69, 9.17) is 0 Å². The largest absolute Gasteiger partial charge is 0.507 e. The van der Waals surface area contributed by atoms with Gasteiger partial charge in [-0.2, -0.15) is 5.10 Å². The lowest BCUT2D eigenvalue weighted by atomic mass is 10.1. The van der Waals surface area contributed by atoms with Gasteiger partial charge in [0.15, 0.2) is 0 Å². The molecule has 0 aliphatic carbocycles. The molecule has 3 N–H and O–H groups in total. The number of nitrogens with zero attached hydrogens (tertiary/aromatic N) is 2. The Morgan fingerprint density at radius 1 is 1.04 bits per heavy atom. The maximum atomic E-state index is 12.3. The number of anilines is 2. The Morgan fingerprint density at radius 2 is 1.75 bits per heavy atom. The lowest BCUT2D eigenvalue weighted by Crippen LogP contribution is -2.12. The number of hydrazone groups is 1. The Balaban J connectivity index is 1.78. The zero-order chi connectivity index (χ0) is 19.9. The molecule has 3 aromatic carbocycles. The standard InChI is InChI=1S/C20H16N4O4/c25-19-9-5-4-6-15(19)13-21-23-17-11-10-14(12-18(17)24(27)28)20(26)22-16-7-2-1-3-8-16/h1-13,23,25H,(H,22,26)/b21-13+. The average molecular weight is 376 g/mol. The van der Waals surface area contributed by atoms with Crippen LogP contribution in [0.25, 0.3) is 0 Å². The molecule has 28 heavy (non-hydrogen) atoms. The average Bonchev–Trinajstić information content (AvgIpc) is 2.70. The highest BCUT2D eigenvalue weighted by atomic mass is 16.6. The van der Waals surface area contributed by atoms with Crippen LogP contribution in [0.5, 0.6) is 5.75 Å². The van der Waals surface area contributed by atoms with Crippen LogP contribution in [0.2, 0.25) is 0 Å². The second-order valence-corrected chi connectivity index (χ2v) is 5.74. The number of hydrogen-bond donors (Lipinski definition) is 3. The van der Waals surface area contributed by atoms with Gasteiger partial charge in [-0.15, -0.1) is 0 Å². The van der Waals surface area contributed by atoms with E-state index in [0.29, 0.717) is 11.3 Å². The number of hydrogen-bond acceptors (Lipinski definition) is 6. The number of nitro groups is 1. The summed E-state index contributed by atoms with van der Waals surface area (Å²) < 4.78 is 0. The number of carbonyl (C=O) groups is 1. The third-order valence-corrected chi connectivity index (χ3v) is 3.81. The van der Waals surface area contributed by atoms with Crippen LogP contribution < -0.4 is 10.7 Å². The normalized spacial score (nSPS) is 10.6. The first kappa shape index (κ1) is 18.6. The summed E-state index contributed by atoms with van der Waals surface area (Å²) in [7, 11) is 0. The van der Waals surface area contributed by atoms with E-state index < -0.39 is 10.8 Å². The number of para-hydroxylation sites is 2. The van der Waals surface area contributed by atoms with Crippen molar-refractivity contribution in [2.45, 2.75) is 0 Å². The summed E-state index contributed by atoms with van der Waals surface area (Å²) in [4.78, 5) is 23.1. The van der Waals surface area contributed by atoms with Crippen molar-refractivity contribution in [3.05, 3.63) is 94.0 Å². The van der Waals surface area contributed by atoms with E-state index in [-0.39, 0.29) is 22.7 Å². The Bertz CT molecular complexity index is 1040. The minimum absolute atomic E-state index is 0.0375.